The summed E-state index contributed by atoms with van der Waals surface area (Å²) >= 11 is 0. The number of rotatable bonds is 6. The second-order valence-electron chi connectivity index (χ2n) is 4.88. The molecule has 1 heterocycles. The number of unbranched alkanes of at least 4 members (excludes halogenated alkanes) is 2. The summed E-state index contributed by atoms with van der Waals surface area (Å²) in [6.45, 7) is 2.43. The van der Waals surface area contributed by atoms with Gasteiger partial charge in [0.05, 0.1) is 6.07 Å². The molecule has 0 aliphatic carbocycles. The van der Waals surface area contributed by atoms with Gasteiger partial charge in [-0.1, -0.05) is 12.1 Å². The van der Waals surface area contributed by atoms with E-state index in [-0.39, 0.29) is 6.10 Å². The van der Waals surface area contributed by atoms with Crippen molar-refractivity contribution < 1.29 is 9.47 Å². The maximum atomic E-state index is 8.49. The van der Waals surface area contributed by atoms with Gasteiger partial charge in [0.15, 0.2) is 11.5 Å². The van der Waals surface area contributed by atoms with Crippen LogP contribution in [0, 0.1) is 11.3 Å². The maximum absolute atomic E-state index is 8.49. The zero-order valence-electron chi connectivity index (χ0n) is 11.3. The van der Waals surface area contributed by atoms with Crippen LogP contribution in [-0.2, 0) is 0 Å². The number of hydrogen-bond acceptors (Lipinski definition) is 4. The molecule has 1 aromatic carbocycles. The lowest BCUT2D eigenvalue weighted by atomic mass is 10.2. The summed E-state index contributed by atoms with van der Waals surface area (Å²) in [5.41, 5.74) is 0. The SMILES string of the molecule is CN(CCCCC#N)CC1COc2ccccc2O1. The van der Waals surface area contributed by atoms with Crippen molar-refractivity contribution in [2.24, 2.45) is 0 Å². The second kappa shape index (κ2) is 7.01. The molecule has 0 saturated carbocycles. The smallest absolute Gasteiger partial charge is 0.161 e. The van der Waals surface area contributed by atoms with E-state index in [2.05, 4.69) is 18.0 Å². The highest BCUT2D eigenvalue weighted by Gasteiger charge is 2.21. The number of nitriles is 1. The van der Waals surface area contributed by atoms with Gasteiger partial charge in [-0.2, -0.15) is 5.26 Å². The van der Waals surface area contributed by atoms with Gasteiger partial charge in [0.2, 0.25) is 0 Å². The average molecular weight is 260 g/mol. The topological polar surface area (TPSA) is 45.5 Å². The number of nitrogens with zero attached hydrogens (tertiary/aromatic N) is 2. The molecule has 0 saturated heterocycles. The fraction of sp³-hybridized carbons (Fsp3) is 0.533. The lowest BCUT2D eigenvalue weighted by molar-refractivity contribution is 0.0651. The van der Waals surface area contributed by atoms with E-state index in [0.29, 0.717) is 13.0 Å². The summed E-state index contributed by atoms with van der Waals surface area (Å²) in [7, 11) is 2.08. The first-order chi connectivity index (χ1) is 9.29. The highest BCUT2D eigenvalue weighted by atomic mass is 16.6. The van der Waals surface area contributed by atoms with E-state index in [9.17, 15) is 0 Å². The van der Waals surface area contributed by atoms with Crippen molar-refractivity contribution in [2.45, 2.75) is 25.4 Å². The summed E-state index contributed by atoms with van der Waals surface area (Å²) < 4.78 is 11.6. The maximum Gasteiger partial charge on any atom is 0.161 e. The van der Waals surface area contributed by atoms with Crippen LogP contribution in [0.5, 0.6) is 11.5 Å². The van der Waals surface area contributed by atoms with Gasteiger partial charge < -0.3 is 14.4 Å². The van der Waals surface area contributed by atoms with E-state index >= 15 is 0 Å². The van der Waals surface area contributed by atoms with E-state index in [1.54, 1.807) is 0 Å². The Labute approximate surface area is 114 Å². The molecule has 1 unspecified atom stereocenters. The minimum atomic E-state index is 0.0795. The molecule has 0 amide bonds. The van der Waals surface area contributed by atoms with Gasteiger partial charge in [0.25, 0.3) is 0 Å². The van der Waals surface area contributed by atoms with Gasteiger partial charge >= 0.3 is 0 Å². The van der Waals surface area contributed by atoms with Crippen molar-refractivity contribution in [3.8, 4) is 17.6 Å². The molecule has 0 radical (unpaired) electrons. The molecule has 19 heavy (non-hydrogen) atoms. The van der Waals surface area contributed by atoms with Gasteiger partial charge in [0.1, 0.15) is 12.7 Å². The van der Waals surface area contributed by atoms with Gasteiger partial charge in [-0.25, -0.2) is 0 Å². The molecule has 1 aliphatic rings. The summed E-state index contributed by atoms with van der Waals surface area (Å²) in [5.74, 6) is 1.66. The van der Waals surface area contributed by atoms with Crippen LogP contribution in [0.3, 0.4) is 0 Å². The van der Waals surface area contributed by atoms with Crippen LogP contribution in [0.1, 0.15) is 19.3 Å². The molecule has 1 aromatic rings. The lowest BCUT2D eigenvalue weighted by Crippen LogP contribution is -2.39. The normalized spacial score (nSPS) is 17.2. The third-order valence-corrected chi connectivity index (χ3v) is 3.16. The molecular formula is C15H20N2O2. The average Bonchev–Trinajstić information content (AvgIpc) is 2.43. The van der Waals surface area contributed by atoms with Crippen LogP contribution >= 0.6 is 0 Å². The Hall–Kier alpha value is -1.73. The Kier molecular flexibility index (Phi) is 5.05. The fourth-order valence-electron chi connectivity index (χ4n) is 2.18. The summed E-state index contributed by atoms with van der Waals surface area (Å²) in [5, 5.41) is 8.49. The molecule has 2 rings (SSSR count). The Morgan fingerprint density at radius 1 is 1.32 bits per heavy atom. The van der Waals surface area contributed by atoms with Crippen molar-refractivity contribution in [1.29, 1.82) is 5.26 Å². The van der Waals surface area contributed by atoms with Gasteiger partial charge in [-0.15, -0.1) is 0 Å². The summed E-state index contributed by atoms with van der Waals surface area (Å²) in [4.78, 5) is 2.24. The Morgan fingerprint density at radius 2 is 2.11 bits per heavy atom. The minimum absolute atomic E-state index is 0.0795. The Bertz CT molecular complexity index is 442. The van der Waals surface area contributed by atoms with Gasteiger partial charge in [-0.3, -0.25) is 0 Å². The molecule has 4 heteroatoms. The predicted molar refractivity (Wildman–Crippen MR) is 73.3 cm³/mol. The van der Waals surface area contributed by atoms with Crippen molar-refractivity contribution in [1.82, 2.24) is 4.90 Å². The van der Waals surface area contributed by atoms with Crippen LogP contribution in [0.2, 0.25) is 0 Å². The third kappa shape index (κ3) is 4.15. The molecule has 1 atom stereocenters. The highest BCUT2D eigenvalue weighted by Crippen LogP contribution is 2.30. The zero-order valence-corrected chi connectivity index (χ0v) is 11.3. The molecule has 102 valence electrons. The van der Waals surface area contributed by atoms with Gasteiger partial charge in [-0.05, 0) is 38.6 Å². The summed E-state index contributed by atoms with van der Waals surface area (Å²) in [6.07, 6.45) is 2.74. The van der Waals surface area contributed by atoms with E-state index in [1.807, 2.05) is 24.3 Å². The van der Waals surface area contributed by atoms with Crippen molar-refractivity contribution in [3.63, 3.8) is 0 Å². The number of likely N-dealkylation sites (N-methyl/N-ethyl adjacent to an activating group) is 1. The van der Waals surface area contributed by atoms with E-state index < -0.39 is 0 Å². The largest absolute Gasteiger partial charge is 0.486 e. The molecule has 0 bridgehead atoms. The number of ether oxygens (including phenoxy) is 2. The van der Waals surface area contributed by atoms with Crippen LogP contribution < -0.4 is 9.47 Å². The number of hydrogen-bond donors (Lipinski definition) is 0. The Balaban J connectivity index is 1.74. The van der Waals surface area contributed by atoms with Crippen molar-refractivity contribution in [2.75, 3.05) is 26.7 Å². The first-order valence-electron chi connectivity index (χ1n) is 6.73. The van der Waals surface area contributed by atoms with Crippen molar-refractivity contribution in [3.05, 3.63) is 24.3 Å². The molecule has 0 aromatic heterocycles. The molecular weight excluding hydrogens is 240 g/mol. The minimum Gasteiger partial charge on any atom is -0.486 e. The first kappa shape index (κ1) is 13.7. The van der Waals surface area contributed by atoms with E-state index in [0.717, 1.165) is 37.4 Å². The van der Waals surface area contributed by atoms with Gasteiger partial charge in [0, 0.05) is 13.0 Å². The molecule has 1 aliphatic heterocycles. The van der Waals surface area contributed by atoms with Crippen LogP contribution in [-0.4, -0.2) is 37.7 Å². The molecule has 4 nitrogen and oxygen atoms in total. The van der Waals surface area contributed by atoms with E-state index in [4.69, 9.17) is 14.7 Å². The predicted octanol–water partition coefficient (Wildman–Crippen LogP) is 2.45. The summed E-state index contributed by atoms with van der Waals surface area (Å²) in [6, 6.07) is 9.94. The monoisotopic (exact) mass is 260 g/mol. The first-order valence-corrected chi connectivity index (χ1v) is 6.73. The third-order valence-electron chi connectivity index (χ3n) is 3.16. The molecule has 0 fully saturated rings. The van der Waals surface area contributed by atoms with Crippen LogP contribution in [0.25, 0.3) is 0 Å². The number of fused-ring (bicyclic) bond motifs is 1. The fourth-order valence-corrected chi connectivity index (χ4v) is 2.18. The van der Waals surface area contributed by atoms with Crippen molar-refractivity contribution >= 4 is 0 Å². The number of benzene rings is 1. The standard InChI is InChI=1S/C15H20N2O2/c1-17(10-6-2-5-9-16)11-13-12-18-14-7-3-4-8-15(14)19-13/h3-4,7-8,13H,2,5-6,10-12H2,1H3. The van der Waals surface area contributed by atoms with Crippen LogP contribution in [0.4, 0.5) is 0 Å². The highest BCUT2D eigenvalue weighted by molar-refractivity contribution is 5.40. The molecule has 0 N–H and O–H groups in total. The lowest BCUT2D eigenvalue weighted by Gasteiger charge is -2.29. The van der Waals surface area contributed by atoms with E-state index in [1.165, 1.54) is 0 Å². The second-order valence-corrected chi connectivity index (χ2v) is 4.88. The Morgan fingerprint density at radius 3 is 2.89 bits per heavy atom. The number of para-hydroxylation sites is 2. The van der Waals surface area contributed by atoms with Crippen LogP contribution in [0.15, 0.2) is 24.3 Å². The quantitative estimate of drug-likeness (QED) is 0.737. The zero-order chi connectivity index (χ0) is 13.5. The molecule has 0 spiro atoms.